The fourth-order valence-electron chi connectivity index (χ4n) is 2.56. The molecule has 2 atom stereocenters. The molecule has 1 heterocycles. The third-order valence-electron chi connectivity index (χ3n) is 3.30. The average Bonchev–Trinajstić information content (AvgIpc) is 2.37. The van der Waals surface area contributed by atoms with Gasteiger partial charge in [0.25, 0.3) is 0 Å². The summed E-state index contributed by atoms with van der Waals surface area (Å²) in [4.78, 5) is 13.9. The Labute approximate surface area is 119 Å². The summed E-state index contributed by atoms with van der Waals surface area (Å²) in [6.07, 6.45) is 0.339. The Balaban J connectivity index is 2.19. The van der Waals surface area contributed by atoms with Crippen LogP contribution in [0, 0.1) is 0 Å². The minimum absolute atomic E-state index is 0.169. The zero-order chi connectivity index (χ0) is 14.7. The Kier molecular flexibility index (Phi) is 4.49. The van der Waals surface area contributed by atoms with E-state index in [1.165, 1.54) is 0 Å². The van der Waals surface area contributed by atoms with Crippen LogP contribution in [0.15, 0.2) is 18.2 Å². The molecule has 5 nitrogen and oxygen atoms in total. The third kappa shape index (κ3) is 3.22. The van der Waals surface area contributed by atoms with Gasteiger partial charge in [-0.15, -0.1) is 0 Å². The fraction of sp³-hybridized carbons (Fsp3) is 0.533. The van der Waals surface area contributed by atoms with E-state index >= 15 is 0 Å². The van der Waals surface area contributed by atoms with Gasteiger partial charge >= 0.3 is 5.97 Å². The lowest BCUT2D eigenvalue weighted by Gasteiger charge is -2.37. The van der Waals surface area contributed by atoms with E-state index in [2.05, 4.69) is 4.90 Å². The van der Waals surface area contributed by atoms with Gasteiger partial charge in [0, 0.05) is 13.1 Å². The summed E-state index contributed by atoms with van der Waals surface area (Å²) in [5.74, 6) is -0.338. The SMILES string of the molecule is CCOC(=O)c1ccc(N2CC(C)OC(C)C2)c(N)c1. The van der Waals surface area contributed by atoms with Crippen LogP contribution in [0.3, 0.4) is 0 Å². The second kappa shape index (κ2) is 6.13. The van der Waals surface area contributed by atoms with Crippen molar-refractivity contribution in [2.75, 3.05) is 30.3 Å². The largest absolute Gasteiger partial charge is 0.462 e. The number of benzene rings is 1. The number of ether oxygens (including phenoxy) is 2. The van der Waals surface area contributed by atoms with E-state index in [0.29, 0.717) is 17.9 Å². The first kappa shape index (κ1) is 14.7. The number of hydrogen-bond acceptors (Lipinski definition) is 5. The van der Waals surface area contributed by atoms with Crippen LogP contribution in [0.1, 0.15) is 31.1 Å². The van der Waals surface area contributed by atoms with Crippen molar-refractivity contribution in [2.45, 2.75) is 33.0 Å². The van der Waals surface area contributed by atoms with E-state index in [-0.39, 0.29) is 18.2 Å². The van der Waals surface area contributed by atoms with Crippen LogP contribution in [0.5, 0.6) is 0 Å². The fourth-order valence-corrected chi connectivity index (χ4v) is 2.56. The number of anilines is 2. The van der Waals surface area contributed by atoms with Gasteiger partial charge in [-0.25, -0.2) is 4.79 Å². The maximum absolute atomic E-state index is 11.7. The summed E-state index contributed by atoms with van der Waals surface area (Å²) >= 11 is 0. The molecule has 0 amide bonds. The van der Waals surface area contributed by atoms with Gasteiger partial charge in [0.2, 0.25) is 0 Å². The van der Waals surface area contributed by atoms with Crippen molar-refractivity contribution in [2.24, 2.45) is 0 Å². The van der Waals surface area contributed by atoms with Crippen molar-refractivity contribution in [3.63, 3.8) is 0 Å². The second-order valence-electron chi connectivity index (χ2n) is 5.16. The van der Waals surface area contributed by atoms with E-state index in [0.717, 1.165) is 18.8 Å². The molecule has 0 saturated carbocycles. The van der Waals surface area contributed by atoms with Crippen LogP contribution >= 0.6 is 0 Å². The van der Waals surface area contributed by atoms with E-state index in [1.54, 1.807) is 19.1 Å². The highest BCUT2D eigenvalue weighted by molar-refractivity contribution is 5.92. The van der Waals surface area contributed by atoms with Gasteiger partial charge in [-0.2, -0.15) is 0 Å². The number of rotatable bonds is 3. The zero-order valence-electron chi connectivity index (χ0n) is 12.3. The number of carbonyl (C=O) groups excluding carboxylic acids is 1. The van der Waals surface area contributed by atoms with Crippen molar-refractivity contribution in [3.8, 4) is 0 Å². The molecule has 1 saturated heterocycles. The maximum atomic E-state index is 11.7. The predicted molar refractivity (Wildman–Crippen MR) is 79.0 cm³/mol. The Morgan fingerprint density at radius 2 is 2.05 bits per heavy atom. The number of esters is 1. The molecule has 0 aliphatic carbocycles. The first-order valence-electron chi connectivity index (χ1n) is 6.98. The summed E-state index contributed by atoms with van der Waals surface area (Å²) in [7, 11) is 0. The molecule has 110 valence electrons. The summed E-state index contributed by atoms with van der Waals surface area (Å²) in [5.41, 5.74) is 8.11. The van der Waals surface area contributed by atoms with Gasteiger partial charge in [0.15, 0.2) is 0 Å². The summed E-state index contributed by atoms with van der Waals surface area (Å²) in [5, 5.41) is 0. The molecule has 0 radical (unpaired) electrons. The first-order chi connectivity index (χ1) is 9.51. The molecule has 5 heteroatoms. The monoisotopic (exact) mass is 278 g/mol. The van der Waals surface area contributed by atoms with Crippen molar-refractivity contribution >= 4 is 17.3 Å². The smallest absolute Gasteiger partial charge is 0.338 e. The molecule has 2 N–H and O–H groups in total. The highest BCUT2D eigenvalue weighted by Gasteiger charge is 2.24. The van der Waals surface area contributed by atoms with Crippen molar-refractivity contribution in [1.82, 2.24) is 0 Å². The number of nitrogens with two attached hydrogens (primary N) is 1. The van der Waals surface area contributed by atoms with E-state index in [4.69, 9.17) is 15.2 Å². The Morgan fingerprint density at radius 1 is 1.40 bits per heavy atom. The van der Waals surface area contributed by atoms with Gasteiger partial charge in [-0.1, -0.05) is 0 Å². The molecule has 1 aliphatic rings. The molecule has 0 aromatic heterocycles. The summed E-state index contributed by atoms with van der Waals surface area (Å²) in [6.45, 7) is 7.84. The normalized spacial score (nSPS) is 22.6. The van der Waals surface area contributed by atoms with Gasteiger partial charge in [0.1, 0.15) is 0 Å². The highest BCUT2D eigenvalue weighted by atomic mass is 16.5. The lowest BCUT2D eigenvalue weighted by atomic mass is 10.1. The van der Waals surface area contributed by atoms with Gasteiger partial charge in [-0.05, 0) is 39.0 Å². The van der Waals surface area contributed by atoms with Crippen LogP contribution in [-0.4, -0.2) is 37.9 Å². The predicted octanol–water partition coefficient (Wildman–Crippen LogP) is 2.06. The number of carbonyl (C=O) groups is 1. The molecule has 1 aliphatic heterocycles. The van der Waals surface area contributed by atoms with Gasteiger partial charge in [0.05, 0.1) is 35.8 Å². The molecule has 2 rings (SSSR count). The molecular weight excluding hydrogens is 256 g/mol. The molecule has 0 spiro atoms. The van der Waals surface area contributed by atoms with Crippen molar-refractivity contribution in [1.29, 1.82) is 0 Å². The van der Waals surface area contributed by atoms with E-state index < -0.39 is 0 Å². The Hall–Kier alpha value is -1.75. The van der Waals surface area contributed by atoms with Gasteiger partial charge < -0.3 is 20.1 Å². The number of hydrogen-bond donors (Lipinski definition) is 1. The second-order valence-corrected chi connectivity index (χ2v) is 5.16. The molecule has 20 heavy (non-hydrogen) atoms. The van der Waals surface area contributed by atoms with Crippen LogP contribution in [-0.2, 0) is 9.47 Å². The molecule has 1 aromatic carbocycles. The van der Waals surface area contributed by atoms with Gasteiger partial charge in [-0.3, -0.25) is 0 Å². The standard InChI is InChI=1S/C15H22N2O3/c1-4-19-15(18)12-5-6-14(13(16)7-12)17-8-10(2)20-11(3)9-17/h5-7,10-11H,4,8-9,16H2,1-3H3. The Bertz CT molecular complexity index is 480. The number of nitrogen functional groups attached to an aromatic ring is 1. The quantitative estimate of drug-likeness (QED) is 0.677. The maximum Gasteiger partial charge on any atom is 0.338 e. The minimum atomic E-state index is -0.338. The molecular formula is C15H22N2O3. The Morgan fingerprint density at radius 3 is 2.60 bits per heavy atom. The topological polar surface area (TPSA) is 64.8 Å². The van der Waals surface area contributed by atoms with Crippen molar-refractivity contribution < 1.29 is 14.3 Å². The number of morpholine rings is 1. The zero-order valence-corrected chi connectivity index (χ0v) is 12.3. The van der Waals surface area contributed by atoms with Crippen LogP contribution in [0.2, 0.25) is 0 Å². The minimum Gasteiger partial charge on any atom is -0.462 e. The lowest BCUT2D eigenvalue weighted by Crippen LogP contribution is -2.45. The van der Waals surface area contributed by atoms with Crippen molar-refractivity contribution in [3.05, 3.63) is 23.8 Å². The molecule has 1 aromatic rings. The average molecular weight is 278 g/mol. The van der Waals surface area contributed by atoms with E-state index in [9.17, 15) is 4.79 Å². The lowest BCUT2D eigenvalue weighted by molar-refractivity contribution is -0.00518. The molecule has 1 fully saturated rings. The summed E-state index contributed by atoms with van der Waals surface area (Å²) in [6, 6.07) is 5.32. The summed E-state index contributed by atoms with van der Waals surface area (Å²) < 4.78 is 10.7. The molecule has 2 unspecified atom stereocenters. The van der Waals surface area contributed by atoms with E-state index in [1.807, 2.05) is 19.9 Å². The van der Waals surface area contributed by atoms with Crippen LogP contribution < -0.4 is 10.6 Å². The van der Waals surface area contributed by atoms with Crippen LogP contribution in [0.25, 0.3) is 0 Å². The first-order valence-corrected chi connectivity index (χ1v) is 6.98. The third-order valence-corrected chi connectivity index (χ3v) is 3.30. The number of nitrogens with zero attached hydrogens (tertiary/aromatic N) is 1. The van der Waals surface area contributed by atoms with Crippen LogP contribution in [0.4, 0.5) is 11.4 Å². The molecule has 0 bridgehead atoms. The highest BCUT2D eigenvalue weighted by Crippen LogP contribution is 2.27.